The van der Waals surface area contributed by atoms with Crippen molar-refractivity contribution in [1.82, 2.24) is 10.0 Å². The summed E-state index contributed by atoms with van der Waals surface area (Å²) in [4.78, 5) is 0. The van der Waals surface area contributed by atoms with Crippen LogP contribution in [0.3, 0.4) is 0 Å². The monoisotopic (exact) mass is 276 g/mol. The molecule has 18 heavy (non-hydrogen) atoms. The van der Waals surface area contributed by atoms with Gasteiger partial charge in [0.15, 0.2) is 0 Å². The Morgan fingerprint density at radius 2 is 2.17 bits per heavy atom. The molecular formula is C12H24N2O3S. The van der Waals surface area contributed by atoms with Gasteiger partial charge < -0.3 is 10.1 Å². The van der Waals surface area contributed by atoms with Crippen LogP contribution in [0.2, 0.25) is 0 Å². The van der Waals surface area contributed by atoms with Gasteiger partial charge in [0.05, 0.1) is 11.9 Å². The third kappa shape index (κ3) is 4.19. The van der Waals surface area contributed by atoms with E-state index in [1.807, 2.05) is 0 Å². The van der Waals surface area contributed by atoms with Crippen molar-refractivity contribution in [2.75, 3.05) is 25.4 Å². The smallest absolute Gasteiger partial charge is 0.214 e. The Balaban J connectivity index is 1.85. The molecule has 5 nitrogen and oxygen atoms in total. The highest BCUT2D eigenvalue weighted by molar-refractivity contribution is 7.89. The first-order valence-electron chi connectivity index (χ1n) is 6.89. The number of ether oxygens (including phenoxy) is 1. The molecule has 3 unspecified atom stereocenters. The average molecular weight is 276 g/mol. The molecule has 0 amide bonds. The number of piperidine rings is 1. The van der Waals surface area contributed by atoms with Crippen molar-refractivity contribution < 1.29 is 13.2 Å². The van der Waals surface area contributed by atoms with Gasteiger partial charge in [0.2, 0.25) is 10.0 Å². The van der Waals surface area contributed by atoms with Crippen molar-refractivity contribution in [3.05, 3.63) is 0 Å². The number of nitrogens with one attached hydrogen (secondary N) is 2. The predicted octanol–water partition coefficient (Wildman–Crippen LogP) is 0.473. The maximum Gasteiger partial charge on any atom is 0.214 e. The van der Waals surface area contributed by atoms with E-state index in [9.17, 15) is 8.42 Å². The van der Waals surface area contributed by atoms with Gasteiger partial charge >= 0.3 is 0 Å². The molecule has 0 aromatic rings. The Hall–Kier alpha value is -0.170. The molecule has 2 heterocycles. The van der Waals surface area contributed by atoms with Gasteiger partial charge in [0.25, 0.3) is 0 Å². The summed E-state index contributed by atoms with van der Waals surface area (Å²) in [6.07, 6.45) is 3.74. The third-order valence-electron chi connectivity index (χ3n) is 3.80. The molecule has 0 radical (unpaired) electrons. The van der Waals surface area contributed by atoms with Gasteiger partial charge in [-0.25, -0.2) is 13.1 Å². The van der Waals surface area contributed by atoms with Crippen LogP contribution in [0.25, 0.3) is 0 Å². The molecule has 6 heteroatoms. The van der Waals surface area contributed by atoms with E-state index in [4.69, 9.17) is 4.74 Å². The van der Waals surface area contributed by atoms with E-state index in [-0.39, 0.29) is 17.9 Å². The highest BCUT2D eigenvalue weighted by Gasteiger charge is 2.28. The summed E-state index contributed by atoms with van der Waals surface area (Å²) < 4.78 is 32.5. The van der Waals surface area contributed by atoms with Crippen LogP contribution < -0.4 is 10.0 Å². The maximum atomic E-state index is 12.1. The third-order valence-corrected chi connectivity index (χ3v) is 5.27. The van der Waals surface area contributed by atoms with Crippen molar-refractivity contribution in [1.29, 1.82) is 0 Å². The van der Waals surface area contributed by atoms with Crippen LogP contribution in [0.4, 0.5) is 0 Å². The summed E-state index contributed by atoms with van der Waals surface area (Å²) in [6.45, 7) is 4.55. The minimum absolute atomic E-state index is 0.0693. The fourth-order valence-corrected chi connectivity index (χ4v) is 4.31. The summed E-state index contributed by atoms with van der Waals surface area (Å²) in [6, 6.07) is 0.0693. The van der Waals surface area contributed by atoms with Gasteiger partial charge in [-0.2, -0.15) is 0 Å². The molecule has 0 saturated carbocycles. The first kappa shape index (κ1) is 14.2. The van der Waals surface area contributed by atoms with Gasteiger partial charge in [-0.05, 0) is 44.7 Å². The summed E-state index contributed by atoms with van der Waals surface area (Å²) in [5.74, 6) is 0.463. The Morgan fingerprint density at radius 1 is 1.33 bits per heavy atom. The molecule has 0 aliphatic carbocycles. The number of hydrogen-bond acceptors (Lipinski definition) is 4. The van der Waals surface area contributed by atoms with E-state index >= 15 is 0 Å². The van der Waals surface area contributed by atoms with Crippen molar-refractivity contribution in [3.63, 3.8) is 0 Å². The Bertz CT molecular complexity index is 352. The zero-order valence-electron chi connectivity index (χ0n) is 11.0. The Labute approximate surface area is 110 Å². The standard InChI is InChI=1S/C12H24N2O3S/c1-10-8-13-6-5-12(10)14-18(15,16)9-11-4-2-3-7-17-11/h10-14H,2-9H2,1H3. The van der Waals surface area contributed by atoms with Gasteiger partial charge in [-0.15, -0.1) is 0 Å². The lowest BCUT2D eigenvalue weighted by Gasteiger charge is -2.31. The van der Waals surface area contributed by atoms with E-state index in [1.165, 1.54) is 0 Å². The SMILES string of the molecule is CC1CNCCC1NS(=O)(=O)CC1CCCCO1. The van der Waals surface area contributed by atoms with Crippen LogP contribution in [-0.4, -0.2) is 46.0 Å². The van der Waals surface area contributed by atoms with Crippen LogP contribution >= 0.6 is 0 Å². The molecule has 0 aromatic carbocycles. The summed E-state index contributed by atoms with van der Waals surface area (Å²) in [7, 11) is -3.22. The van der Waals surface area contributed by atoms with Gasteiger partial charge in [-0.3, -0.25) is 0 Å². The molecular weight excluding hydrogens is 252 g/mol. The first-order valence-corrected chi connectivity index (χ1v) is 8.54. The van der Waals surface area contributed by atoms with E-state index in [1.54, 1.807) is 0 Å². The zero-order chi connectivity index (χ0) is 13.0. The van der Waals surface area contributed by atoms with E-state index in [0.29, 0.717) is 12.5 Å². The molecule has 2 rings (SSSR count). The second-order valence-corrected chi connectivity index (χ2v) is 7.26. The molecule has 2 aliphatic rings. The number of hydrogen-bond donors (Lipinski definition) is 2. The lowest BCUT2D eigenvalue weighted by Crippen LogP contribution is -2.49. The Kier molecular flexibility index (Phi) is 5.00. The predicted molar refractivity (Wildman–Crippen MR) is 71.0 cm³/mol. The highest BCUT2D eigenvalue weighted by Crippen LogP contribution is 2.16. The molecule has 2 fully saturated rings. The molecule has 3 atom stereocenters. The molecule has 106 valence electrons. The van der Waals surface area contributed by atoms with Gasteiger partial charge in [-0.1, -0.05) is 6.92 Å². The minimum Gasteiger partial charge on any atom is -0.377 e. The topological polar surface area (TPSA) is 67.4 Å². The second-order valence-electron chi connectivity index (χ2n) is 5.46. The van der Waals surface area contributed by atoms with E-state index in [0.717, 1.165) is 38.8 Å². The maximum absolute atomic E-state index is 12.1. The number of sulfonamides is 1. The molecule has 2 N–H and O–H groups in total. The van der Waals surface area contributed by atoms with Gasteiger partial charge in [0, 0.05) is 12.6 Å². The normalized spacial score (nSPS) is 34.4. The van der Waals surface area contributed by atoms with Crippen LogP contribution in [0.15, 0.2) is 0 Å². The summed E-state index contributed by atoms with van der Waals surface area (Å²) >= 11 is 0. The van der Waals surface area contributed by atoms with E-state index in [2.05, 4.69) is 17.0 Å². The second kappa shape index (κ2) is 6.32. The molecule has 0 aromatic heterocycles. The first-order chi connectivity index (χ1) is 8.57. The molecule has 2 aliphatic heterocycles. The minimum atomic E-state index is -3.22. The van der Waals surface area contributed by atoms with Crippen molar-refractivity contribution in [2.24, 2.45) is 5.92 Å². The van der Waals surface area contributed by atoms with Gasteiger partial charge in [0.1, 0.15) is 0 Å². The largest absolute Gasteiger partial charge is 0.377 e. The lowest BCUT2D eigenvalue weighted by molar-refractivity contribution is 0.0303. The van der Waals surface area contributed by atoms with Crippen molar-refractivity contribution in [3.8, 4) is 0 Å². The fraction of sp³-hybridized carbons (Fsp3) is 1.00. The molecule has 0 bridgehead atoms. The summed E-state index contributed by atoms with van der Waals surface area (Å²) in [5.41, 5.74) is 0. The highest BCUT2D eigenvalue weighted by atomic mass is 32.2. The average Bonchev–Trinajstić information content (AvgIpc) is 2.32. The Morgan fingerprint density at radius 3 is 2.83 bits per heavy atom. The van der Waals surface area contributed by atoms with Crippen LogP contribution in [0.1, 0.15) is 32.6 Å². The van der Waals surface area contributed by atoms with Crippen LogP contribution in [0, 0.1) is 5.92 Å². The van der Waals surface area contributed by atoms with Crippen molar-refractivity contribution >= 4 is 10.0 Å². The summed E-state index contributed by atoms with van der Waals surface area (Å²) in [5, 5.41) is 3.27. The fourth-order valence-electron chi connectivity index (χ4n) is 2.65. The quantitative estimate of drug-likeness (QED) is 0.783. The van der Waals surface area contributed by atoms with Crippen LogP contribution in [-0.2, 0) is 14.8 Å². The molecule has 0 spiro atoms. The molecule has 2 saturated heterocycles. The van der Waals surface area contributed by atoms with E-state index < -0.39 is 10.0 Å². The zero-order valence-corrected chi connectivity index (χ0v) is 11.8. The van der Waals surface area contributed by atoms with Crippen LogP contribution in [0.5, 0.6) is 0 Å². The number of rotatable bonds is 4. The van der Waals surface area contributed by atoms with Crippen molar-refractivity contribution in [2.45, 2.75) is 44.8 Å². The lowest BCUT2D eigenvalue weighted by atomic mass is 9.97.